The third-order valence-corrected chi connectivity index (χ3v) is 5.08. The van der Waals surface area contributed by atoms with E-state index < -0.39 is 0 Å². The zero-order valence-corrected chi connectivity index (χ0v) is 12.3. The third kappa shape index (κ3) is 3.02. The fourth-order valence-electron chi connectivity index (χ4n) is 2.78. The molecule has 0 radical (unpaired) electrons. The van der Waals surface area contributed by atoms with Crippen LogP contribution in [0.2, 0.25) is 0 Å². The highest BCUT2D eigenvalue weighted by molar-refractivity contribution is 7.11. The van der Waals surface area contributed by atoms with Gasteiger partial charge in [-0.15, -0.1) is 11.3 Å². The Morgan fingerprint density at radius 3 is 2.85 bits per heavy atom. The van der Waals surface area contributed by atoms with E-state index in [-0.39, 0.29) is 6.61 Å². The number of nitrogens with one attached hydrogen (secondary N) is 1. The summed E-state index contributed by atoms with van der Waals surface area (Å²) in [6, 6.07) is 7.88. The van der Waals surface area contributed by atoms with Crippen LogP contribution in [0.15, 0.2) is 30.5 Å². The van der Waals surface area contributed by atoms with Crippen molar-refractivity contribution < 1.29 is 5.11 Å². The van der Waals surface area contributed by atoms with Crippen LogP contribution in [0.5, 0.6) is 0 Å². The van der Waals surface area contributed by atoms with Crippen LogP contribution in [0.1, 0.15) is 47.0 Å². The SMILES string of the molecule is OCc1ccccc1NCc1cnc(C2CCCC2)s1. The van der Waals surface area contributed by atoms with E-state index >= 15 is 0 Å². The van der Waals surface area contributed by atoms with Gasteiger partial charge in [-0.3, -0.25) is 0 Å². The number of rotatable bonds is 5. The van der Waals surface area contributed by atoms with E-state index in [0.29, 0.717) is 5.92 Å². The number of hydrogen-bond donors (Lipinski definition) is 2. The summed E-state index contributed by atoms with van der Waals surface area (Å²) < 4.78 is 0. The van der Waals surface area contributed by atoms with E-state index in [0.717, 1.165) is 17.8 Å². The summed E-state index contributed by atoms with van der Waals surface area (Å²) >= 11 is 1.83. The summed E-state index contributed by atoms with van der Waals surface area (Å²) in [5, 5.41) is 14.0. The lowest BCUT2D eigenvalue weighted by Crippen LogP contribution is -2.00. The molecule has 1 fully saturated rings. The molecule has 0 atom stereocenters. The molecule has 4 heteroatoms. The lowest BCUT2D eigenvalue weighted by atomic mass is 10.1. The third-order valence-electron chi connectivity index (χ3n) is 3.92. The first-order valence-corrected chi connectivity index (χ1v) is 8.05. The molecule has 3 rings (SSSR count). The minimum absolute atomic E-state index is 0.0686. The van der Waals surface area contributed by atoms with Crippen LogP contribution in [0.4, 0.5) is 5.69 Å². The van der Waals surface area contributed by atoms with Crippen molar-refractivity contribution in [3.8, 4) is 0 Å². The Morgan fingerprint density at radius 1 is 1.25 bits per heavy atom. The van der Waals surface area contributed by atoms with Gasteiger partial charge in [0.1, 0.15) is 0 Å². The normalized spacial score (nSPS) is 15.7. The molecule has 20 heavy (non-hydrogen) atoms. The van der Waals surface area contributed by atoms with Crippen molar-refractivity contribution in [2.75, 3.05) is 5.32 Å². The van der Waals surface area contributed by atoms with Crippen LogP contribution >= 0.6 is 11.3 Å². The molecule has 1 aliphatic rings. The summed E-state index contributed by atoms with van der Waals surface area (Å²) in [5.74, 6) is 0.693. The summed E-state index contributed by atoms with van der Waals surface area (Å²) in [6.07, 6.45) is 7.29. The minimum atomic E-state index is 0.0686. The van der Waals surface area contributed by atoms with E-state index in [1.54, 1.807) is 0 Å². The van der Waals surface area contributed by atoms with Gasteiger partial charge in [-0.05, 0) is 18.9 Å². The quantitative estimate of drug-likeness (QED) is 0.877. The van der Waals surface area contributed by atoms with Gasteiger partial charge in [0.2, 0.25) is 0 Å². The molecule has 1 aromatic carbocycles. The standard InChI is InChI=1S/C16H20N2OS/c19-11-13-7-3-4-8-15(13)17-9-14-10-18-16(20-14)12-5-1-2-6-12/h3-4,7-8,10,12,17,19H,1-2,5-6,9,11H2. The van der Waals surface area contributed by atoms with Crippen LogP contribution in [0.3, 0.4) is 0 Å². The Balaban J connectivity index is 1.63. The number of thiazole rings is 1. The summed E-state index contributed by atoms with van der Waals surface area (Å²) in [6.45, 7) is 0.848. The molecule has 0 bridgehead atoms. The Hall–Kier alpha value is -1.39. The van der Waals surface area contributed by atoms with Gasteiger partial charge < -0.3 is 10.4 Å². The molecule has 1 heterocycles. The van der Waals surface area contributed by atoms with Crippen LogP contribution < -0.4 is 5.32 Å². The number of benzene rings is 1. The first-order chi connectivity index (χ1) is 9.86. The average molecular weight is 288 g/mol. The predicted molar refractivity (Wildman–Crippen MR) is 83.0 cm³/mol. The van der Waals surface area contributed by atoms with Gasteiger partial charge in [0.25, 0.3) is 0 Å². The van der Waals surface area contributed by atoms with Crippen molar-refractivity contribution in [3.05, 3.63) is 45.9 Å². The van der Waals surface area contributed by atoms with Crippen molar-refractivity contribution in [2.45, 2.75) is 44.8 Å². The molecule has 0 aliphatic heterocycles. The number of hydrogen-bond acceptors (Lipinski definition) is 4. The molecular weight excluding hydrogens is 268 g/mol. The largest absolute Gasteiger partial charge is 0.392 e. The smallest absolute Gasteiger partial charge is 0.0959 e. The Labute approximate surface area is 123 Å². The van der Waals surface area contributed by atoms with Crippen LogP contribution in [-0.4, -0.2) is 10.1 Å². The zero-order valence-electron chi connectivity index (χ0n) is 11.5. The maximum absolute atomic E-state index is 9.31. The summed E-state index contributed by atoms with van der Waals surface area (Å²) in [5.41, 5.74) is 1.94. The fraction of sp³-hybridized carbons (Fsp3) is 0.438. The Morgan fingerprint density at radius 2 is 2.05 bits per heavy atom. The molecule has 1 aromatic heterocycles. The number of aliphatic hydroxyl groups excluding tert-OH is 1. The summed E-state index contributed by atoms with van der Waals surface area (Å²) in [7, 11) is 0. The van der Waals surface area contributed by atoms with Gasteiger partial charge in [0.05, 0.1) is 18.2 Å². The van der Waals surface area contributed by atoms with Crippen LogP contribution in [0, 0.1) is 0 Å². The molecular formula is C16H20N2OS. The van der Waals surface area contributed by atoms with Gasteiger partial charge in [-0.1, -0.05) is 31.0 Å². The number of aliphatic hydroxyl groups is 1. The van der Waals surface area contributed by atoms with Crippen LogP contribution in [-0.2, 0) is 13.2 Å². The number of anilines is 1. The van der Waals surface area contributed by atoms with Gasteiger partial charge in [-0.25, -0.2) is 4.98 Å². The fourth-order valence-corrected chi connectivity index (χ4v) is 3.81. The molecule has 106 valence electrons. The van der Waals surface area contributed by atoms with Crippen molar-refractivity contribution in [2.24, 2.45) is 0 Å². The first kappa shape index (κ1) is 13.6. The molecule has 0 spiro atoms. The highest BCUT2D eigenvalue weighted by atomic mass is 32.1. The summed E-state index contributed by atoms with van der Waals surface area (Å²) in [4.78, 5) is 5.85. The maximum atomic E-state index is 9.31. The lowest BCUT2D eigenvalue weighted by molar-refractivity contribution is 0.282. The number of para-hydroxylation sites is 1. The van der Waals surface area contributed by atoms with Crippen molar-refractivity contribution in [1.29, 1.82) is 0 Å². The second-order valence-electron chi connectivity index (χ2n) is 5.32. The predicted octanol–water partition coefficient (Wildman–Crippen LogP) is 3.91. The molecule has 0 unspecified atom stereocenters. The van der Waals surface area contributed by atoms with E-state index in [1.165, 1.54) is 35.6 Å². The van der Waals surface area contributed by atoms with E-state index in [4.69, 9.17) is 0 Å². The average Bonchev–Trinajstić information content (AvgIpc) is 3.16. The number of nitrogens with zero attached hydrogens (tertiary/aromatic N) is 1. The van der Waals surface area contributed by atoms with Gasteiger partial charge >= 0.3 is 0 Å². The lowest BCUT2D eigenvalue weighted by Gasteiger charge is -2.09. The second kappa shape index (κ2) is 6.37. The van der Waals surface area contributed by atoms with Gasteiger partial charge in [0, 0.05) is 28.2 Å². The molecule has 3 nitrogen and oxygen atoms in total. The molecule has 2 N–H and O–H groups in total. The molecule has 1 saturated carbocycles. The maximum Gasteiger partial charge on any atom is 0.0959 e. The van der Waals surface area contributed by atoms with Crippen LogP contribution in [0.25, 0.3) is 0 Å². The highest BCUT2D eigenvalue weighted by Crippen LogP contribution is 2.36. The minimum Gasteiger partial charge on any atom is -0.392 e. The Kier molecular flexibility index (Phi) is 4.33. The van der Waals surface area contributed by atoms with Crippen molar-refractivity contribution in [3.63, 3.8) is 0 Å². The highest BCUT2D eigenvalue weighted by Gasteiger charge is 2.20. The Bertz CT molecular complexity index is 561. The number of aromatic nitrogens is 1. The zero-order chi connectivity index (χ0) is 13.8. The van der Waals surface area contributed by atoms with E-state index in [9.17, 15) is 5.11 Å². The molecule has 2 aromatic rings. The van der Waals surface area contributed by atoms with E-state index in [2.05, 4.69) is 10.3 Å². The van der Waals surface area contributed by atoms with Crippen molar-refractivity contribution >= 4 is 17.0 Å². The van der Waals surface area contributed by atoms with Gasteiger partial charge in [-0.2, -0.15) is 0 Å². The monoisotopic (exact) mass is 288 g/mol. The van der Waals surface area contributed by atoms with E-state index in [1.807, 2.05) is 41.8 Å². The first-order valence-electron chi connectivity index (χ1n) is 7.24. The van der Waals surface area contributed by atoms with Gasteiger partial charge in [0.15, 0.2) is 0 Å². The second-order valence-corrected chi connectivity index (χ2v) is 6.46. The molecule has 1 aliphatic carbocycles. The molecule has 0 amide bonds. The van der Waals surface area contributed by atoms with Crippen molar-refractivity contribution in [1.82, 2.24) is 4.98 Å². The molecule has 0 saturated heterocycles. The topological polar surface area (TPSA) is 45.1 Å².